The van der Waals surface area contributed by atoms with Crippen LogP contribution in [0.4, 0.5) is 0 Å². The van der Waals surface area contributed by atoms with E-state index in [4.69, 9.17) is 15.7 Å². The van der Waals surface area contributed by atoms with E-state index in [0.717, 1.165) is 0 Å². The molecule has 0 aliphatic carbocycles. The van der Waals surface area contributed by atoms with Crippen molar-refractivity contribution in [2.75, 3.05) is 6.54 Å². The van der Waals surface area contributed by atoms with Gasteiger partial charge >= 0.3 is 5.97 Å². The molecule has 8 heteroatoms. The topological polar surface area (TPSA) is 136 Å². The summed E-state index contributed by atoms with van der Waals surface area (Å²) in [6, 6.07) is 0. The van der Waals surface area contributed by atoms with Crippen LogP contribution in [0, 0.1) is 0 Å². The molecule has 0 aromatic carbocycles. The maximum atomic E-state index is 10.8. The quantitative estimate of drug-likeness (QED) is 0.213. The molecular formula is C6H9N3O5. The van der Waals surface area contributed by atoms with Gasteiger partial charge in [0.05, 0.1) is 6.54 Å². The molecule has 0 aromatic heterocycles. The lowest BCUT2D eigenvalue weighted by Crippen LogP contribution is -2.56. The molecule has 0 radical (unpaired) electrons. The Bertz CT molecular complexity index is 277. The second-order valence-electron chi connectivity index (χ2n) is 2.81. The molecule has 0 spiro atoms. The molecule has 1 fully saturated rings. The van der Waals surface area contributed by atoms with Gasteiger partial charge in [-0.3, -0.25) is 0 Å². The minimum absolute atomic E-state index is 0.285. The minimum atomic E-state index is -1.76. The van der Waals surface area contributed by atoms with E-state index >= 15 is 0 Å². The Morgan fingerprint density at radius 1 is 1.43 bits per heavy atom. The summed E-state index contributed by atoms with van der Waals surface area (Å²) in [5, 5.41) is 30.5. The molecule has 0 bridgehead atoms. The molecule has 1 heterocycles. The summed E-state index contributed by atoms with van der Waals surface area (Å²) in [7, 11) is 0. The fourth-order valence-electron chi connectivity index (χ4n) is 1.10. The van der Waals surface area contributed by atoms with E-state index in [1.165, 1.54) is 0 Å². The first-order chi connectivity index (χ1) is 6.57. The molecule has 3 N–H and O–H groups in total. The van der Waals surface area contributed by atoms with E-state index < -0.39 is 30.4 Å². The number of ether oxygens (including phenoxy) is 1. The smallest absolute Gasteiger partial charge is 0.338 e. The zero-order chi connectivity index (χ0) is 10.7. The van der Waals surface area contributed by atoms with Gasteiger partial charge in [-0.1, -0.05) is 5.11 Å². The summed E-state index contributed by atoms with van der Waals surface area (Å²) >= 11 is 0. The molecule has 78 valence electrons. The number of cyclic esters (lactones) is 1. The van der Waals surface area contributed by atoms with Gasteiger partial charge in [0.2, 0.25) is 0 Å². The Morgan fingerprint density at radius 2 is 2.07 bits per heavy atom. The fourth-order valence-corrected chi connectivity index (χ4v) is 1.10. The fraction of sp³-hybridized carbons (Fsp3) is 0.833. The molecule has 1 aliphatic heterocycles. The highest BCUT2D eigenvalue weighted by Crippen LogP contribution is 2.16. The Morgan fingerprint density at radius 3 is 2.64 bits per heavy atom. The van der Waals surface area contributed by atoms with Gasteiger partial charge in [0, 0.05) is 4.91 Å². The summed E-state index contributed by atoms with van der Waals surface area (Å²) in [5.41, 5.74) is 7.99. The number of nitrogens with zero attached hydrogens (tertiary/aromatic N) is 3. The molecule has 1 saturated heterocycles. The zero-order valence-electron chi connectivity index (χ0n) is 7.02. The maximum absolute atomic E-state index is 10.8. The van der Waals surface area contributed by atoms with Crippen LogP contribution in [0.15, 0.2) is 5.11 Å². The first kappa shape index (κ1) is 10.7. The van der Waals surface area contributed by atoms with Crippen molar-refractivity contribution < 1.29 is 24.9 Å². The highest BCUT2D eigenvalue weighted by Gasteiger charge is 2.43. The van der Waals surface area contributed by atoms with Gasteiger partial charge < -0.3 is 20.1 Å². The summed E-state index contributed by atoms with van der Waals surface area (Å²) < 4.78 is 4.52. The van der Waals surface area contributed by atoms with E-state index in [-0.39, 0.29) is 6.54 Å². The number of hydrogen-bond acceptors (Lipinski definition) is 6. The van der Waals surface area contributed by atoms with Crippen LogP contribution in [-0.2, 0) is 9.53 Å². The average molecular weight is 203 g/mol. The molecule has 1 rings (SSSR count). The number of aliphatic hydroxyl groups is 3. The Labute approximate surface area is 78.3 Å². The average Bonchev–Trinajstić information content (AvgIpc) is 2.18. The standard InChI is InChI=1S/C6H9N3O5/c7-9-8-1-2-3(10)4(11)5(12)6(13)14-2/h2-5,10-12H,1H2/t2-,3-,4+,5-/m1/s1. The molecule has 4 atom stereocenters. The second kappa shape index (κ2) is 4.25. The van der Waals surface area contributed by atoms with Gasteiger partial charge in [-0.2, -0.15) is 0 Å². The predicted octanol–water partition coefficient (Wildman–Crippen LogP) is -1.70. The van der Waals surface area contributed by atoms with Crippen molar-refractivity contribution in [2.24, 2.45) is 5.11 Å². The Hall–Kier alpha value is -1.34. The van der Waals surface area contributed by atoms with Crippen LogP contribution in [0.3, 0.4) is 0 Å². The molecule has 14 heavy (non-hydrogen) atoms. The van der Waals surface area contributed by atoms with Crippen molar-refractivity contribution in [3.63, 3.8) is 0 Å². The third kappa shape index (κ3) is 1.94. The number of azide groups is 1. The van der Waals surface area contributed by atoms with Crippen molar-refractivity contribution in [3.05, 3.63) is 10.4 Å². The predicted molar refractivity (Wildman–Crippen MR) is 41.9 cm³/mol. The van der Waals surface area contributed by atoms with Crippen LogP contribution in [0.25, 0.3) is 10.4 Å². The van der Waals surface area contributed by atoms with Gasteiger partial charge in [-0.15, -0.1) is 0 Å². The van der Waals surface area contributed by atoms with E-state index in [0.29, 0.717) is 0 Å². The number of carbonyl (C=O) groups is 1. The second-order valence-corrected chi connectivity index (χ2v) is 2.81. The van der Waals surface area contributed by atoms with Crippen molar-refractivity contribution >= 4 is 5.97 Å². The SMILES string of the molecule is [N-]=[N+]=NC[C@H]1OC(=O)[C@H](O)[C@@H](O)[C@@H]1O. The van der Waals surface area contributed by atoms with Crippen LogP contribution in [0.2, 0.25) is 0 Å². The third-order valence-electron chi connectivity index (χ3n) is 1.89. The highest BCUT2D eigenvalue weighted by atomic mass is 16.6. The summed E-state index contributed by atoms with van der Waals surface area (Å²) in [5.74, 6) is -1.04. The van der Waals surface area contributed by atoms with Crippen LogP contribution >= 0.6 is 0 Å². The van der Waals surface area contributed by atoms with Crippen LogP contribution in [-0.4, -0.2) is 52.2 Å². The lowest BCUT2D eigenvalue weighted by molar-refractivity contribution is -0.200. The van der Waals surface area contributed by atoms with Gasteiger partial charge in [0.25, 0.3) is 0 Å². The maximum Gasteiger partial charge on any atom is 0.338 e. The number of esters is 1. The lowest BCUT2D eigenvalue weighted by atomic mass is 10.00. The van der Waals surface area contributed by atoms with Crippen molar-refractivity contribution in [1.29, 1.82) is 0 Å². The summed E-state index contributed by atoms with van der Waals surface area (Å²) in [4.78, 5) is 13.3. The van der Waals surface area contributed by atoms with E-state index in [1.54, 1.807) is 0 Å². The number of aliphatic hydroxyl groups excluding tert-OH is 3. The minimum Gasteiger partial charge on any atom is -0.457 e. The van der Waals surface area contributed by atoms with Crippen molar-refractivity contribution in [1.82, 2.24) is 0 Å². The molecule has 1 aliphatic rings. The third-order valence-corrected chi connectivity index (χ3v) is 1.89. The van der Waals surface area contributed by atoms with Crippen molar-refractivity contribution in [3.8, 4) is 0 Å². The van der Waals surface area contributed by atoms with E-state index in [1.807, 2.05) is 0 Å². The van der Waals surface area contributed by atoms with E-state index in [2.05, 4.69) is 14.8 Å². The van der Waals surface area contributed by atoms with Gasteiger partial charge in [-0.25, -0.2) is 4.79 Å². The Balaban J connectivity index is 2.69. The largest absolute Gasteiger partial charge is 0.457 e. The molecule has 0 aromatic rings. The Kier molecular flexibility index (Phi) is 3.26. The number of carbonyl (C=O) groups excluding carboxylic acids is 1. The van der Waals surface area contributed by atoms with Gasteiger partial charge in [0.1, 0.15) is 18.3 Å². The molecular weight excluding hydrogens is 194 g/mol. The molecule has 8 nitrogen and oxygen atoms in total. The summed E-state index contributed by atoms with van der Waals surface area (Å²) in [6.45, 7) is -0.285. The van der Waals surface area contributed by atoms with Gasteiger partial charge in [-0.05, 0) is 5.53 Å². The first-order valence-electron chi connectivity index (χ1n) is 3.83. The first-order valence-corrected chi connectivity index (χ1v) is 3.83. The van der Waals surface area contributed by atoms with Crippen LogP contribution in [0.1, 0.15) is 0 Å². The van der Waals surface area contributed by atoms with Crippen molar-refractivity contribution in [2.45, 2.75) is 24.4 Å². The van der Waals surface area contributed by atoms with Crippen LogP contribution in [0.5, 0.6) is 0 Å². The number of rotatable bonds is 2. The monoisotopic (exact) mass is 203 g/mol. The normalized spacial score (nSPS) is 37.2. The molecule has 0 unspecified atom stereocenters. The van der Waals surface area contributed by atoms with E-state index in [9.17, 15) is 9.90 Å². The lowest BCUT2D eigenvalue weighted by Gasteiger charge is -2.33. The van der Waals surface area contributed by atoms with Gasteiger partial charge in [0.15, 0.2) is 6.10 Å². The highest BCUT2D eigenvalue weighted by molar-refractivity contribution is 5.76. The molecule has 0 saturated carbocycles. The zero-order valence-corrected chi connectivity index (χ0v) is 7.02. The number of hydrogen-bond donors (Lipinski definition) is 3. The summed E-state index contributed by atoms with van der Waals surface area (Å²) in [6.07, 6.45) is -5.94. The van der Waals surface area contributed by atoms with Crippen LogP contribution < -0.4 is 0 Å². The molecule has 0 amide bonds.